The Balaban J connectivity index is 1.49. The minimum atomic E-state index is -1.22. The van der Waals surface area contributed by atoms with Crippen molar-refractivity contribution in [3.8, 4) is 0 Å². The molecule has 1 unspecified atom stereocenters. The first kappa shape index (κ1) is 25.4. The predicted octanol–water partition coefficient (Wildman–Crippen LogP) is 1.52. The highest BCUT2D eigenvalue weighted by Gasteiger charge is 2.54. The van der Waals surface area contributed by atoms with Crippen LogP contribution in [0.25, 0.3) is 6.08 Å². The summed E-state index contributed by atoms with van der Waals surface area (Å²) in [6, 6.07) is 2.70. The van der Waals surface area contributed by atoms with E-state index in [1.807, 2.05) is 6.07 Å². The Morgan fingerprint density at radius 2 is 2.31 bits per heavy atom. The number of carbonyl (C=O) groups is 3. The second-order valence-electron chi connectivity index (χ2n) is 7.13. The molecule has 4 rings (SSSR count). The van der Waals surface area contributed by atoms with Crippen molar-refractivity contribution in [2.24, 2.45) is 5.16 Å². The number of aromatic nitrogens is 3. The van der Waals surface area contributed by atoms with Gasteiger partial charge in [-0.15, -0.1) is 11.8 Å². The van der Waals surface area contributed by atoms with Crippen LogP contribution in [0.4, 0.5) is 5.13 Å². The number of amides is 2. The van der Waals surface area contributed by atoms with Crippen molar-refractivity contribution in [1.29, 1.82) is 0 Å². The number of β-lactam (4-membered cyclic amide) rings is 1. The Bertz CT molecular complexity index is 1280. The lowest BCUT2D eigenvalue weighted by molar-refractivity contribution is -0.150. The number of nitrogens with one attached hydrogen (secondary N) is 1. The number of rotatable bonds is 10. The third-order valence-electron chi connectivity index (χ3n) is 4.79. The maximum atomic E-state index is 12.9. The molecule has 4 N–H and O–H groups in total. The number of hydrogen-bond acceptors (Lipinski definition) is 12. The smallest absolute Gasteiger partial charge is 0.353 e. The molecule has 1 saturated heterocycles. The van der Waals surface area contributed by atoms with Crippen LogP contribution in [0.1, 0.15) is 11.4 Å². The first-order valence-electron chi connectivity index (χ1n) is 10.3. The number of nitrogens with zero attached hydrogens (tertiary/aromatic N) is 5. The van der Waals surface area contributed by atoms with Gasteiger partial charge in [-0.05, 0) is 23.1 Å². The van der Waals surface area contributed by atoms with Gasteiger partial charge in [0.25, 0.3) is 11.8 Å². The van der Waals surface area contributed by atoms with Gasteiger partial charge in [0.1, 0.15) is 23.7 Å². The van der Waals surface area contributed by atoms with E-state index in [4.69, 9.17) is 10.6 Å². The zero-order valence-corrected chi connectivity index (χ0v) is 20.9. The molecule has 12 nitrogen and oxygen atoms in total. The first-order chi connectivity index (χ1) is 17.4. The van der Waals surface area contributed by atoms with Crippen molar-refractivity contribution < 1.29 is 24.3 Å². The van der Waals surface area contributed by atoms with Gasteiger partial charge in [0.15, 0.2) is 5.13 Å². The zero-order valence-electron chi connectivity index (χ0n) is 18.4. The quantitative estimate of drug-likeness (QED) is 0.130. The topological polar surface area (TPSA) is 173 Å². The van der Waals surface area contributed by atoms with Crippen LogP contribution in [-0.4, -0.2) is 71.6 Å². The van der Waals surface area contributed by atoms with E-state index in [1.165, 1.54) is 34.5 Å². The number of hydrogen-bond donors (Lipinski definition) is 3. The number of pyridine rings is 1. The number of carboxylic acid groups (broad SMARTS) is 1. The zero-order chi connectivity index (χ0) is 25.7. The first-order valence-corrected chi connectivity index (χ1v) is 13.0. The van der Waals surface area contributed by atoms with Crippen LogP contribution in [-0.2, 0) is 19.2 Å². The predicted molar refractivity (Wildman–Crippen MR) is 138 cm³/mol. The van der Waals surface area contributed by atoms with E-state index in [1.54, 1.807) is 29.9 Å². The standard InChI is InChI=1S/C21H19N7O5S3/c1-2-7-33-26-13(16-25-21(22)36-27-16)17(29)24-14-18(30)28-15(20(31)32)12(10-35-19(14)28)34-8-5-11-4-3-6-23-9-11/h2-6,8-9,14,19H,1,7,10H2,(H,24,29)(H,31,32)(H2,22,25,27)/b8-5-,26-13-/t14?,19-/m1/s1. The average Bonchev–Trinajstić information content (AvgIpc) is 3.30. The van der Waals surface area contributed by atoms with Crippen LogP contribution in [0.2, 0.25) is 0 Å². The fourth-order valence-corrected chi connectivity index (χ4v) is 6.02. The second kappa shape index (κ2) is 11.4. The highest BCUT2D eigenvalue weighted by Crippen LogP contribution is 2.43. The molecule has 0 aromatic carbocycles. The minimum Gasteiger partial charge on any atom is -0.477 e. The Hall–Kier alpha value is -3.69. The number of carbonyl (C=O) groups excluding carboxylic acids is 2. The monoisotopic (exact) mass is 545 g/mol. The highest BCUT2D eigenvalue weighted by molar-refractivity contribution is 8.08. The van der Waals surface area contributed by atoms with E-state index in [9.17, 15) is 19.5 Å². The molecule has 0 radical (unpaired) electrons. The molecule has 186 valence electrons. The molecule has 36 heavy (non-hydrogen) atoms. The Morgan fingerprint density at radius 1 is 1.47 bits per heavy atom. The molecule has 2 aliphatic rings. The lowest BCUT2D eigenvalue weighted by Gasteiger charge is -2.49. The summed E-state index contributed by atoms with van der Waals surface area (Å²) in [4.78, 5) is 52.6. The van der Waals surface area contributed by atoms with Crippen molar-refractivity contribution in [1.82, 2.24) is 24.6 Å². The molecule has 2 aliphatic heterocycles. The third kappa shape index (κ3) is 5.42. The maximum absolute atomic E-state index is 12.9. The van der Waals surface area contributed by atoms with Gasteiger partial charge in [-0.1, -0.05) is 35.6 Å². The van der Waals surface area contributed by atoms with Crippen molar-refractivity contribution in [2.75, 3.05) is 18.1 Å². The van der Waals surface area contributed by atoms with Crippen LogP contribution < -0.4 is 11.1 Å². The van der Waals surface area contributed by atoms with Crippen molar-refractivity contribution in [2.45, 2.75) is 11.4 Å². The summed E-state index contributed by atoms with van der Waals surface area (Å²) in [5.74, 6) is -2.24. The fraction of sp³-hybridized carbons (Fsp3) is 0.190. The van der Waals surface area contributed by atoms with Gasteiger partial charge in [0.2, 0.25) is 11.5 Å². The Kier molecular flexibility index (Phi) is 8.02. The van der Waals surface area contributed by atoms with Crippen LogP contribution in [0, 0.1) is 0 Å². The molecule has 2 aromatic rings. The normalized spacial score (nSPS) is 19.6. The lowest BCUT2D eigenvalue weighted by Crippen LogP contribution is -2.71. The SMILES string of the molecule is C=CCO/N=C(\C(=O)NC1C(=O)N2C(C(=O)O)=C(S/C=C\c3cccnc3)CS[C@H]12)c1nsc(N)n1. The molecular formula is C21H19N7O5S3. The molecule has 0 saturated carbocycles. The molecule has 0 spiro atoms. The van der Waals surface area contributed by atoms with Gasteiger partial charge in [-0.25, -0.2) is 4.79 Å². The summed E-state index contributed by atoms with van der Waals surface area (Å²) >= 11 is 3.44. The minimum absolute atomic E-state index is 0.0352. The summed E-state index contributed by atoms with van der Waals surface area (Å²) < 4.78 is 3.97. The van der Waals surface area contributed by atoms with Crippen LogP contribution in [0.5, 0.6) is 0 Å². The molecule has 4 heterocycles. The van der Waals surface area contributed by atoms with E-state index in [-0.39, 0.29) is 29.0 Å². The molecule has 0 bridgehead atoms. The summed E-state index contributed by atoms with van der Waals surface area (Å²) in [6.07, 6.45) is 6.58. The molecule has 0 aliphatic carbocycles. The number of oxime groups is 1. The summed E-state index contributed by atoms with van der Waals surface area (Å²) in [6.45, 7) is 3.54. The molecule has 2 amide bonds. The number of fused-ring (bicyclic) bond motifs is 1. The van der Waals surface area contributed by atoms with Crippen LogP contribution in [0.3, 0.4) is 0 Å². The third-order valence-corrected chi connectivity index (χ3v) is 7.69. The Labute approximate surface area is 217 Å². The number of carboxylic acids is 1. The van der Waals surface area contributed by atoms with E-state index < -0.39 is 29.2 Å². The van der Waals surface area contributed by atoms with E-state index in [0.29, 0.717) is 10.7 Å². The van der Waals surface area contributed by atoms with Crippen molar-refractivity contribution in [3.05, 3.63) is 64.6 Å². The summed E-state index contributed by atoms with van der Waals surface area (Å²) in [5, 5.41) is 17.5. The van der Waals surface area contributed by atoms with Gasteiger partial charge in [0, 0.05) is 34.6 Å². The number of nitrogens with two attached hydrogens (primary N) is 1. The van der Waals surface area contributed by atoms with Crippen LogP contribution >= 0.6 is 35.1 Å². The molecule has 2 aromatic heterocycles. The molecule has 2 atom stereocenters. The average molecular weight is 546 g/mol. The van der Waals surface area contributed by atoms with E-state index >= 15 is 0 Å². The van der Waals surface area contributed by atoms with Crippen molar-refractivity contribution >= 4 is 69.8 Å². The Morgan fingerprint density at radius 3 is 2.97 bits per heavy atom. The molecule has 1 fully saturated rings. The lowest BCUT2D eigenvalue weighted by atomic mass is 10.0. The highest BCUT2D eigenvalue weighted by atomic mass is 32.2. The number of aliphatic carboxylic acids is 1. The summed E-state index contributed by atoms with van der Waals surface area (Å²) in [7, 11) is 0. The van der Waals surface area contributed by atoms with Gasteiger partial charge in [0.05, 0.1) is 0 Å². The van der Waals surface area contributed by atoms with Crippen LogP contribution in [0.15, 0.2) is 58.3 Å². The summed E-state index contributed by atoms with van der Waals surface area (Å²) in [5.41, 5.74) is 6.10. The van der Waals surface area contributed by atoms with Crippen molar-refractivity contribution in [3.63, 3.8) is 0 Å². The fourth-order valence-electron chi connectivity index (χ4n) is 3.23. The van der Waals surface area contributed by atoms with E-state index in [2.05, 4.69) is 31.4 Å². The second-order valence-corrected chi connectivity index (χ2v) is 10.0. The largest absolute Gasteiger partial charge is 0.477 e. The molecule has 15 heteroatoms. The van der Waals surface area contributed by atoms with Gasteiger partial charge < -0.3 is 21.0 Å². The maximum Gasteiger partial charge on any atom is 0.353 e. The van der Waals surface area contributed by atoms with Gasteiger partial charge >= 0.3 is 5.97 Å². The molecular weight excluding hydrogens is 526 g/mol. The van der Waals surface area contributed by atoms with Gasteiger partial charge in [-0.2, -0.15) is 9.36 Å². The number of nitrogen functional groups attached to an aromatic ring is 1. The number of thioether (sulfide) groups is 2. The number of anilines is 1. The van der Waals surface area contributed by atoms with Gasteiger partial charge in [-0.3, -0.25) is 19.5 Å². The van der Waals surface area contributed by atoms with E-state index in [0.717, 1.165) is 17.1 Å².